The van der Waals surface area contributed by atoms with Gasteiger partial charge in [0, 0.05) is 20.2 Å². The van der Waals surface area contributed by atoms with Gasteiger partial charge in [-0.1, -0.05) is 63.9 Å². The molecule has 2 aromatic rings. The van der Waals surface area contributed by atoms with Crippen LogP contribution in [0.1, 0.15) is 42.1 Å². The van der Waals surface area contributed by atoms with E-state index in [2.05, 4.69) is 57.1 Å². The average Bonchev–Trinajstić information content (AvgIpc) is 2.46. The molecule has 1 N–H and O–H groups in total. The van der Waals surface area contributed by atoms with Gasteiger partial charge in [0.1, 0.15) is 0 Å². The second-order valence-corrected chi connectivity index (χ2v) is 6.84. The summed E-state index contributed by atoms with van der Waals surface area (Å²) in [4.78, 5) is 12.4. The summed E-state index contributed by atoms with van der Waals surface area (Å²) in [5, 5.41) is 3.02. The van der Waals surface area contributed by atoms with Gasteiger partial charge in [0.2, 0.25) is 0 Å². The van der Waals surface area contributed by atoms with Crippen LogP contribution in [0.3, 0.4) is 0 Å². The van der Waals surface area contributed by atoms with E-state index in [-0.39, 0.29) is 5.91 Å². The molecule has 0 spiro atoms. The summed E-state index contributed by atoms with van der Waals surface area (Å²) in [7, 11) is 0. The molecule has 0 saturated heterocycles. The molecule has 0 radical (unpaired) electrons. The van der Waals surface area contributed by atoms with Crippen molar-refractivity contribution < 1.29 is 4.79 Å². The van der Waals surface area contributed by atoms with Crippen molar-refractivity contribution in [2.45, 2.75) is 26.2 Å². The Morgan fingerprint density at radius 2 is 1.76 bits per heavy atom. The summed E-state index contributed by atoms with van der Waals surface area (Å²) in [5.74, 6) is 0.309. The average molecular weight is 411 g/mol. The number of halogens is 2. The molecule has 0 aliphatic rings. The normalized spacial score (nSPS) is 12.0. The largest absolute Gasteiger partial charge is 0.322 e. The zero-order valence-corrected chi connectivity index (χ0v) is 15.2. The Bertz CT molecular complexity index is 635. The van der Waals surface area contributed by atoms with Crippen molar-refractivity contribution in [1.29, 1.82) is 0 Å². The number of amides is 1. The summed E-state index contributed by atoms with van der Waals surface area (Å²) in [6.07, 6.45) is 1.04. The number of hydrogen-bond donors (Lipinski definition) is 1. The molecule has 1 unspecified atom stereocenters. The van der Waals surface area contributed by atoms with E-state index in [1.165, 1.54) is 5.56 Å². The fraction of sp³-hybridized carbons (Fsp3) is 0.235. The molecule has 2 rings (SSSR count). The van der Waals surface area contributed by atoms with Crippen LogP contribution in [0.25, 0.3) is 0 Å². The van der Waals surface area contributed by atoms with Gasteiger partial charge in [-0.05, 0) is 42.2 Å². The van der Waals surface area contributed by atoms with Crippen LogP contribution in [0.5, 0.6) is 0 Å². The van der Waals surface area contributed by atoms with Crippen molar-refractivity contribution >= 4 is 43.5 Å². The molecular weight excluding hydrogens is 394 g/mol. The van der Waals surface area contributed by atoms with Gasteiger partial charge in [-0.3, -0.25) is 4.79 Å². The fourth-order valence-electron chi connectivity index (χ4n) is 2.14. The SMILES string of the molecule is CCC(C)c1ccccc1NC(=O)c1cc(Br)cc(Br)c1. The molecule has 1 amide bonds. The first-order valence-electron chi connectivity index (χ1n) is 6.87. The molecule has 2 nitrogen and oxygen atoms in total. The monoisotopic (exact) mass is 409 g/mol. The van der Waals surface area contributed by atoms with Gasteiger partial charge in [0.25, 0.3) is 5.91 Å². The molecule has 0 aromatic heterocycles. The van der Waals surface area contributed by atoms with Crippen LogP contribution in [0.4, 0.5) is 5.69 Å². The van der Waals surface area contributed by atoms with E-state index < -0.39 is 0 Å². The van der Waals surface area contributed by atoms with Crippen molar-refractivity contribution in [2.75, 3.05) is 5.32 Å². The van der Waals surface area contributed by atoms with E-state index in [1.54, 1.807) is 0 Å². The fourth-order valence-corrected chi connectivity index (χ4v) is 3.43. The van der Waals surface area contributed by atoms with Crippen LogP contribution >= 0.6 is 31.9 Å². The predicted octanol–water partition coefficient (Wildman–Crippen LogP) is 5.98. The predicted molar refractivity (Wildman–Crippen MR) is 94.9 cm³/mol. The number of carbonyl (C=O) groups excluding carboxylic acids is 1. The maximum Gasteiger partial charge on any atom is 0.255 e. The van der Waals surface area contributed by atoms with Gasteiger partial charge in [-0.2, -0.15) is 0 Å². The summed E-state index contributed by atoms with van der Waals surface area (Å²) < 4.78 is 1.74. The molecule has 0 saturated carbocycles. The number of nitrogens with one attached hydrogen (secondary N) is 1. The number of rotatable bonds is 4. The molecule has 21 heavy (non-hydrogen) atoms. The summed E-state index contributed by atoms with van der Waals surface area (Å²) in [6, 6.07) is 13.5. The van der Waals surface area contributed by atoms with Gasteiger partial charge in [-0.25, -0.2) is 0 Å². The summed E-state index contributed by atoms with van der Waals surface area (Å²) in [5.41, 5.74) is 2.67. The lowest BCUT2D eigenvalue weighted by atomic mass is 9.97. The highest BCUT2D eigenvalue weighted by Gasteiger charge is 2.13. The van der Waals surface area contributed by atoms with Gasteiger partial charge < -0.3 is 5.32 Å². The first-order chi connectivity index (χ1) is 10.0. The zero-order chi connectivity index (χ0) is 15.4. The highest BCUT2D eigenvalue weighted by molar-refractivity contribution is 9.11. The maximum atomic E-state index is 12.4. The second-order valence-electron chi connectivity index (χ2n) is 5.01. The minimum absolute atomic E-state index is 0.104. The van der Waals surface area contributed by atoms with E-state index in [9.17, 15) is 4.79 Å². The van der Waals surface area contributed by atoms with Gasteiger partial charge >= 0.3 is 0 Å². The first-order valence-corrected chi connectivity index (χ1v) is 8.46. The third-order valence-corrected chi connectivity index (χ3v) is 4.39. The molecule has 0 heterocycles. The smallest absolute Gasteiger partial charge is 0.255 e. The first kappa shape index (κ1) is 16.2. The number of benzene rings is 2. The lowest BCUT2D eigenvalue weighted by molar-refractivity contribution is 0.102. The number of para-hydroxylation sites is 1. The van der Waals surface area contributed by atoms with E-state index >= 15 is 0 Å². The van der Waals surface area contributed by atoms with Crippen LogP contribution in [0.2, 0.25) is 0 Å². The second kappa shape index (κ2) is 7.23. The third kappa shape index (κ3) is 4.17. The van der Waals surface area contributed by atoms with Gasteiger partial charge in [0.05, 0.1) is 0 Å². The van der Waals surface area contributed by atoms with Crippen molar-refractivity contribution in [3.05, 3.63) is 62.5 Å². The number of anilines is 1. The van der Waals surface area contributed by atoms with Crippen LogP contribution in [-0.2, 0) is 0 Å². The molecule has 2 aromatic carbocycles. The summed E-state index contributed by atoms with van der Waals surface area (Å²) in [6.45, 7) is 4.31. The minimum Gasteiger partial charge on any atom is -0.322 e. The zero-order valence-electron chi connectivity index (χ0n) is 12.0. The van der Waals surface area contributed by atoms with Gasteiger partial charge in [0.15, 0.2) is 0 Å². The van der Waals surface area contributed by atoms with Crippen molar-refractivity contribution in [2.24, 2.45) is 0 Å². The Kier molecular flexibility index (Phi) is 5.59. The lowest BCUT2D eigenvalue weighted by Crippen LogP contribution is -2.14. The van der Waals surface area contributed by atoms with E-state index in [0.29, 0.717) is 11.5 Å². The molecule has 1 atom stereocenters. The molecule has 110 valence electrons. The number of carbonyl (C=O) groups is 1. The van der Waals surface area contributed by atoms with E-state index in [0.717, 1.165) is 21.1 Å². The summed E-state index contributed by atoms with van der Waals surface area (Å²) >= 11 is 6.81. The maximum absolute atomic E-state index is 12.4. The molecule has 0 aliphatic carbocycles. The third-order valence-electron chi connectivity index (χ3n) is 3.48. The quantitative estimate of drug-likeness (QED) is 0.660. The van der Waals surface area contributed by atoms with Crippen molar-refractivity contribution in [3.63, 3.8) is 0 Å². The van der Waals surface area contributed by atoms with Crippen LogP contribution in [0.15, 0.2) is 51.4 Å². The van der Waals surface area contributed by atoms with Crippen LogP contribution in [0, 0.1) is 0 Å². The van der Waals surface area contributed by atoms with Crippen molar-refractivity contribution in [1.82, 2.24) is 0 Å². The topological polar surface area (TPSA) is 29.1 Å². The highest BCUT2D eigenvalue weighted by Crippen LogP contribution is 2.27. The van der Waals surface area contributed by atoms with E-state index in [1.807, 2.05) is 36.4 Å². The molecule has 0 aliphatic heterocycles. The molecule has 0 bridgehead atoms. The molecule has 4 heteroatoms. The Labute approximate surface area is 142 Å². The van der Waals surface area contributed by atoms with Crippen molar-refractivity contribution in [3.8, 4) is 0 Å². The van der Waals surface area contributed by atoms with E-state index in [4.69, 9.17) is 0 Å². The molecular formula is C17H17Br2NO. The Morgan fingerprint density at radius 1 is 1.14 bits per heavy atom. The van der Waals surface area contributed by atoms with Gasteiger partial charge in [-0.15, -0.1) is 0 Å². The Balaban J connectivity index is 2.27. The Morgan fingerprint density at radius 3 is 2.38 bits per heavy atom. The number of hydrogen-bond acceptors (Lipinski definition) is 1. The van der Waals surface area contributed by atoms with Crippen LogP contribution < -0.4 is 5.32 Å². The van der Waals surface area contributed by atoms with Crippen LogP contribution in [-0.4, -0.2) is 5.91 Å². The highest BCUT2D eigenvalue weighted by atomic mass is 79.9. The Hall–Kier alpha value is -1.13. The standard InChI is InChI=1S/C17H17Br2NO/c1-3-11(2)15-6-4-5-7-16(15)20-17(21)12-8-13(18)10-14(19)9-12/h4-11H,3H2,1-2H3,(H,20,21). The minimum atomic E-state index is -0.104. The lowest BCUT2D eigenvalue weighted by Gasteiger charge is -2.15. The molecule has 0 fully saturated rings.